The van der Waals surface area contributed by atoms with Crippen LogP contribution in [0.15, 0.2) is 0 Å². The van der Waals surface area contributed by atoms with Gasteiger partial charge in [-0.05, 0) is 25.2 Å². The molecule has 70 valence electrons. The van der Waals surface area contributed by atoms with Crippen LogP contribution < -0.4 is 0 Å². The molecule has 4 nitrogen and oxygen atoms in total. The number of carbonyl (C=O) groups is 1. The Bertz CT molecular complexity index is 168. The van der Waals surface area contributed by atoms with Crippen LogP contribution in [0.4, 0.5) is 0 Å². The molecule has 0 amide bonds. The van der Waals surface area contributed by atoms with Crippen molar-refractivity contribution in [3.63, 3.8) is 0 Å². The molecule has 3 unspecified atom stereocenters. The van der Waals surface area contributed by atoms with Crippen molar-refractivity contribution < 1.29 is 20.1 Å². The fraction of sp³-hybridized carbons (Fsp3) is 0.875. The van der Waals surface area contributed by atoms with Gasteiger partial charge in [-0.15, -0.1) is 0 Å². The zero-order valence-corrected chi connectivity index (χ0v) is 6.81. The molecule has 0 aromatic rings. The molecule has 1 saturated carbocycles. The standard InChI is InChI=1S/C8H14O4/c9-4-5-1-2-7(10)6(3-5)8(11)12/h5-7,9-10H,1-4H2,(H,11,12). The molecule has 1 fully saturated rings. The van der Waals surface area contributed by atoms with E-state index in [1.54, 1.807) is 0 Å². The van der Waals surface area contributed by atoms with Gasteiger partial charge in [0.1, 0.15) is 0 Å². The Balaban J connectivity index is 2.53. The highest BCUT2D eigenvalue weighted by Gasteiger charge is 2.33. The van der Waals surface area contributed by atoms with Gasteiger partial charge in [-0.25, -0.2) is 0 Å². The lowest BCUT2D eigenvalue weighted by Gasteiger charge is -2.29. The minimum atomic E-state index is -0.958. The third-order valence-corrected chi connectivity index (χ3v) is 2.50. The number of hydrogen-bond donors (Lipinski definition) is 3. The van der Waals surface area contributed by atoms with Gasteiger partial charge >= 0.3 is 5.97 Å². The summed E-state index contributed by atoms with van der Waals surface area (Å²) < 4.78 is 0. The van der Waals surface area contributed by atoms with E-state index in [1.807, 2.05) is 0 Å². The van der Waals surface area contributed by atoms with Crippen LogP contribution in [0.25, 0.3) is 0 Å². The van der Waals surface area contributed by atoms with Crippen LogP contribution in [0.5, 0.6) is 0 Å². The summed E-state index contributed by atoms with van der Waals surface area (Å²) in [6, 6.07) is 0. The van der Waals surface area contributed by atoms with Crippen molar-refractivity contribution in [2.75, 3.05) is 6.61 Å². The van der Waals surface area contributed by atoms with Crippen molar-refractivity contribution in [3.05, 3.63) is 0 Å². The summed E-state index contributed by atoms with van der Waals surface area (Å²) in [5.41, 5.74) is 0. The first-order valence-corrected chi connectivity index (χ1v) is 4.17. The third kappa shape index (κ3) is 1.95. The summed E-state index contributed by atoms with van der Waals surface area (Å²) in [4.78, 5) is 10.6. The minimum Gasteiger partial charge on any atom is -0.481 e. The quantitative estimate of drug-likeness (QED) is 0.543. The highest BCUT2D eigenvalue weighted by Crippen LogP contribution is 2.29. The van der Waals surface area contributed by atoms with Gasteiger partial charge in [0.2, 0.25) is 0 Å². The van der Waals surface area contributed by atoms with E-state index in [4.69, 9.17) is 10.2 Å². The normalized spacial score (nSPS) is 36.3. The number of rotatable bonds is 2. The summed E-state index contributed by atoms with van der Waals surface area (Å²) in [7, 11) is 0. The van der Waals surface area contributed by atoms with Gasteiger partial charge in [-0.3, -0.25) is 4.79 Å². The molecule has 0 heterocycles. The SMILES string of the molecule is O=C(O)C1CC(CO)CCC1O. The van der Waals surface area contributed by atoms with E-state index in [0.717, 1.165) is 6.42 Å². The molecule has 0 aliphatic heterocycles. The summed E-state index contributed by atoms with van der Waals surface area (Å²) in [6.07, 6.45) is 0.877. The molecule has 1 rings (SSSR count). The molecule has 12 heavy (non-hydrogen) atoms. The lowest BCUT2D eigenvalue weighted by molar-refractivity contribution is -0.148. The average Bonchev–Trinajstić information content (AvgIpc) is 2.05. The molecule has 0 bridgehead atoms. The first kappa shape index (κ1) is 9.48. The Morgan fingerprint density at radius 2 is 2.08 bits per heavy atom. The first-order chi connectivity index (χ1) is 5.65. The Hall–Kier alpha value is -0.610. The van der Waals surface area contributed by atoms with Crippen molar-refractivity contribution in [2.45, 2.75) is 25.4 Å². The predicted octanol–water partition coefficient (Wildman–Crippen LogP) is -0.160. The van der Waals surface area contributed by atoms with Gasteiger partial charge in [0.25, 0.3) is 0 Å². The van der Waals surface area contributed by atoms with E-state index in [9.17, 15) is 9.90 Å². The fourth-order valence-electron chi connectivity index (χ4n) is 1.67. The molecule has 0 spiro atoms. The number of aliphatic carboxylic acids is 1. The molecule has 3 atom stereocenters. The van der Waals surface area contributed by atoms with Gasteiger partial charge in [-0.2, -0.15) is 0 Å². The summed E-state index contributed by atoms with van der Waals surface area (Å²) in [6.45, 7) is 0.0243. The molecule has 1 aliphatic carbocycles. The van der Waals surface area contributed by atoms with E-state index < -0.39 is 18.0 Å². The first-order valence-electron chi connectivity index (χ1n) is 4.17. The topological polar surface area (TPSA) is 77.8 Å². The number of hydrogen-bond acceptors (Lipinski definition) is 3. The molecule has 4 heteroatoms. The van der Waals surface area contributed by atoms with Crippen LogP contribution in [0.1, 0.15) is 19.3 Å². The Morgan fingerprint density at radius 1 is 1.42 bits per heavy atom. The molecule has 0 aromatic carbocycles. The smallest absolute Gasteiger partial charge is 0.309 e. The number of carboxylic acids is 1. The Labute approximate surface area is 70.8 Å². The number of carboxylic acid groups (broad SMARTS) is 1. The van der Waals surface area contributed by atoms with Gasteiger partial charge in [0.15, 0.2) is 0 Å². The largest absolute Gasteiger partial charge is 0.481 e. The van der Waals surface area contributed by atoms with E-state index in [-0.39, 0.29) is 12.5 Å². The lowest BCUT2D eigenvalue weighted by Crippen LogP contribution is -2.35. The van der Waals surface area contributed by atoms with Crippen molar-refractivity contribution in [1.82, 2.24) is 0 Å². The second-order valence-electron chi connectivity index (χ2n) is 3.37. The van der Waals surface area contributed by atoms with Gasteiger partial charge in [0.05, 0.1) is 12.0 Å². The molecule has 3 N–H and O–H groups in total. The van der Waals surface area contributed by atoms with E-state index in [1.165, 1.54) is 0 Å². The monoisotopic (exact) mass is 174 g/mol. The van der Waals surface area contributed by atoms with Crippen LogP contribution in [0.3, 0.4) is 0 Å². The van der Waals surface area contributed by atoms with Crippen molar-refractivity contribution in [1.29, 1.82) is 0 Å². The molecule has 0 radical (unpaired) electrons. The molecular weight excluding hydrogens is 160 g/mol. The van der Waals surface area contributed by atoms with Crippen molar-refractivity contribution in [2.24, 2.45) is 11.8 Å². The second kappa shape index (κ2) is 3.87. The van der Waals surface area contributed by atoms with E-state index in [2.05, 4.69) is 0 Å². The summed E-state index contributed by atoms with van der Waals surface area (Å²) in [5.74, 6) is -1.59. The Kier molecular flexibility index (Phi) is 3.05. The maximum atomic E-state index is 10.6. The molecular formula is C8H14O4. The average molecular weight is 174 g/mol. The van der Waals surface area contributed by atoms with Crippen LogP contribution in [-0.4, -0.2) is 34.0 Å². The minimum absolute atomic E-state index is 0.0243. The van der Waals surface area contributed by atoms with Gasteiger partial charge in [0, 0.05) is 6.61 Å². The van der Waals surface area contributed by atoms with Crippen LogP contribution in [0.2, 0.25) is 0 Å². The highest BCUT2D eigenvalue weighted by molar-refractivity contribution is 5.70. The number of aliphatic hydroxyl groups excluding tert-OH is 2. The lowest BCUT2D eigenvalue weighted by atomic mass is 9.80. The van der Waals surface area contributed by atoms with Crippen LogP contribution >= 0.6 is 0 Å². The summed E-state index contributed by atoms with van der Waals surface area (Å²) >= 11 is 0. The highest BCUT2D eigenvalue weighted by atomic mass is 16.4. The Morgan fingerprint density at radius 3 is 2.58 bits per heavy atom. The van der Waals surface area contributed by atoms with Crippen molar-refractivity contribution >= 4 is 5.97 Å². The predicted molar refractivity (Wildman–Crippen MR) is 41.6 cm³/mol. The molecule has 1 aliphatic rings. The van der Waals surface area contributed by atoms with Crippen molar-refractivity contribution in [3.8, 4) is 0 Å². The van der Waals surface area contributed by atoms with Crippen LogP contribution in [-0.2, 0) is 4.79 Å². The van der Waals surface area contributed by atoms with Gasteiger partial charge < -0.3 is 15.3 Å². The number of aliphatic hydroxyl groups is 2. The second-order valence-corrected chi connectivity index (χ2v) is 3.37. The van der Waals surface area contributed by atoms with E-state index >= 15 is 0 Å². The summed E-state index contributed by atoms with van der Waals surface area (Å²) in [5, 5.41) is 26.8. The van der Waals surface area contributed by atoms with Gasteiger partial charge in [-0.1, -0.05) is 0 Å². The maximum absolute atomic E-state index is 10.6. The maximum Gasteiger partial charge on any atom is 0.309 e. The zero-order chi connectivity index (χ0) is 9.14. The third-order valence-electron chi connectivity index (χ3n) is 2.50. The van der Waals surface area contributed by atoms with Crippen LogP contribution in [0, 0.1) is 11.8 Å². The molecule has 0 aromatic heterocycles. The fourth-order valence-corrected chi connectivity index (χ4v) is 1.67. The molecule has 0 saturated heterocycles. The van der Waals surface area contributed by atoms with E-state index in [0.29, 0.717) is 12.8 Å². The zero-order valence-electron chi connectivity index (χ0n) is 6.81.